The lowest BCUT2D eigenvalue weighted by Crippen LogP contribution is -2.19. The zero-order chi connectivity index (χ0) is 9.78. The quantitative estimate of drug-likeness (QED) is 0.466. The third-order valence-electron chi connectivity index (χ3n) is 0.695. The van der Waals surface area contributed by atoms with Crippen LogP contribution in [0.2, 0.25) is 0 Å². The molecule has 0 aliphatic rings. The van der Waals surface area contributed by atoms with E-state index in [0.29, 0.717) is 0 Å². The summed E-state index contributed by atoms with van der Waals surface area (Å²) in [5, 5.41) is 0. The van der Waals surface area contributed by atoms with Crippen LogP contribution in [0.4, 0.5) is 0 Å². The molecule has 0 bridgehead atoms. The molecule has 0 spiro atoms. The standard InChI is InChI=1S/C3H8O7S2/c1-3(10-11(4)5)2-9-12(6,7)8/h3H,2H2,1H3,(H,4,5)(H,6,7,8)/p-1. The molecule has 2 unspecified atom stereocenters. The van der Waals surface area contributed by atoms with Crippen LogP contribution >= 0.6 is 0 Å². The van der Waals surface area contributed by atoms with Crippen molar-refractivity contribution in [1.29, 1.82) is 0 Å². The fraction of sp³-hybridized carbons (Fsp3) is 1.00. The van der Waals surface area contributed by atoms with Crippen LogP contribution in [-0.4, -0.2) is 34.4 Å². The Morgan fingerprint density at radius 3 is 2.50 bits per heavy atom. The van der Waals surface area contributed by atoms with Crippen LogP contribution in [0.15, 0.2) is 0 Å². The van der Waals surface area contributed by atoms with Gasteiger partial charge in [0.05, 0.1) is 24.1 Å². The Hall–Kier alpha value is -0.0600. The van der Waals surface area contributed by atoms with Crippen molar-refractivity contribution in [2.45, 2.75) is 13.0 Å². The van der Waals surface area contributed by atoms with Gasteiger partial charge < -0.3 is 4.55 Å². The van der Waals surface area contributed by atoms with Crippen LogP contribution in [-0.2, 0) is 30.1 Å². The summed E-state index contributed by atoms with van der Waals surface area (Å²) in [5.74, 6) is 0. The first-order valence-electron chi connectivity index (χ1n) is 2.69. The Bertz CT molecular complexity index is 243. The first kappa shape index (κ1) is 11.9. The van der Waals surface area contributed by atoms with E-state index < -0.39 is 34.5 Å². The molecule has 0 aromatic rings. The van der Waals surface area contributed by atoms with Crippen LogP contribution in [0.25, 0.3) is 0 Å². The average Bonchev–Trinajstić information content (AvgIpc) is 1.80. The lowest BCUT2D eigenvalue weighted by Gasteiger charge is -2.12. The van der Waals surface area contributed by atoms with Crippen molar-refractivity contribution < 1.29 is 30.1 Å². The maximum absolute atomic E-state index is 9.95. The zero-order valence-electron chi connectivity index (χ0n) is 6.00. The Morgan fingerprint density at radius 1 is 1.67 bits per heavy atom. The zero-order valence-corrected chi connectivity index (χ0v) is 7.63. The number of hydrogen-bond acceptors (Lipinski definition) is 6. The van der Waals surface area contributed by atoms with Crippen molar-refractivity contribution in [2.75, 3.05) is 6.61 Å². The third-order valence-corrected chi connectivity index (χ3v) is 1.61. The van der Waals surface area contributed by atoms with Gasteiger partial charge in [-0.15, -0.1) is 0 Å². The van der Waals surface area contributed by atoms with E-state index in [1.54, 1.807) is 0 Å². The molecule has 0 saturated carbocycles. The van der Waals surface area contributed by atoms with Gasteiger partial charge in [-0.3, -0.25) is 8.74 Å². The maximum Gasteiger partial charge on any atom is 0.397 e. The molecule has 9 heteroatoms. The first-order valence-corrected chi connectivity index (χ1v) is 5.06. The highest BCUT2D eigenvalue weighted by molar-refractivity contribution is 7.80. The molecule has 74 valence electrons. The Morgan fingerprint density at radius 2 is 2.17 bits per heavy atom. The maximum atomic E-state index is 9.95. The van der Waals surface area contributed by atoms with Gasteiger partial charge in [0.25, 0.3) is 0 Å². The average molecular weight is 219 g/mol. The van der Waals surface area contributed by atoms with E-state index in [1.807, 2.05) is 0 Å². The Kier molecular flexibility index (Phi) is 4.82. The highest BCUT2D eigenvalue weighted by atomic mass is 32.3. The molecule has 1 N–H and O–H groups in total. The SMILES string of the molecule is CC(COS(=O)(=O)O)OS(=O)[O-]. The molecular formula is C3H7O7S2-. The highest BCUT2D eigenvalue weighted by Crippen LogP contribution is 1.96. The first-order chi connectivity index (χ1) is 5.31. The van der Waals surface area contributed by atoms with Gasteiger partial charge in [0.2, 0.25) is 0 Å². The molecule has 0 aromatic heterocycles. The van der Waals surface area contributed by atoms with Crippen molar-refractivity contribution in [3.05, 3.63) is 0 Å². The smallest absolute Gasteiger partial charge is 0.397 e. The molecule has 0 aliphatic heterocycles. The molecule has 7 nitrogen and oxygen atoms in total. The van der Waals surface area contributed by atoms with Crippen LogP contribution in [0.5, 0.6) is 0 Å². The van der Waals surface area contributed by atoms with Crippen LogP contribution in [0.1, 0.15) is 6.92 Å². The van der Waals surface area contributed by atoms with E-state index in [2.05, 4.69) is 8.37 Å². The van der Waals surface area contributed by atoms with Crippen LogP contribution < -0.4 is 0 Å². The third kappa shape index (κ3) is 8.04. The molecule has 0 fully saturated rings. The molecule has 0 heterocycles. The van der Waals surface area contributed by atoms with Gasteiger partial charge in [-0.25, -0.2) is 8.39 Å². The van der Waals surface area contributed by atoms with Gasteiger partial charge in [-0.2, -0.15) is 8.42 Å². The van der Waals surface area contributed by atoms with Gasteiger partial charge >= 0.3 is 10.4 Å². The molecule has 12 heavy (non-hydrogen) atoms. The van der Waals surface area contributed by atoms with E-state index in [0.717, 1.165) is 0 Å². The van der Waals surface area contributed by atoms with Crippen LogP contribution in [0, 0.1) is 0 Å². The Balaban J connectivity index is 3.72. The summed E-state index contributed by atoms with van der Waals surface area (Å²) < 4.78 is 55.5. The molecule has 0 aliphatic carbocycles. The lowest BCUT2D eigenvalue weighted by molar-refractivity contribution is 0.137. The summed E-state index contributed by atoms with van der Waals surface area (Å²) >= 11 is -2.73. The van der Waals surface area contributed by atoms with E-state index in [4.69, 9.17) is 4.55 Å². The predicted molar refractivity (Wildman–Crippen MR) is 37.0 cm³/mol. The molecule has 0 saturated heterocycles. The second kappa shape index (κ2) is 4.84. The van der Waals surface area contributed by atoms with Gasteiger partial charge in [0, 0.05) is 0 Å². The molecule has 0 amide bonds. The summed E-state index contributed by atoms with van der Waals surface area (Å²) in [6.45, 7) is 0.702. The summed E-state index contributed by atoms with van der Waals surface area (Å²) in [7, 11) is -4.54. The van der Waals surface area contributed by atoms with E-state index in [1.165, 1.54) is 6.92 Å². The molecule has 2 atom stereocenters. The lowest BCUT2D eigenvalue weighted by atomic mass is 10.5. The molecule has 0 aromatic carbocycles. The van der Waals surface area contributed by atoms with E-state index in [-0.39, 0.29) is 0 Å². The van der Waals surface area contributed by atoms with Crippen molar-refractivity contribution in [1.82, 2.24) is 0 Å². The second-order valence-corrected chi connectivity index (χ2v) is 3.52. The van der Waals surface area contributed by atoms with Crippen molar-refractivity contribution in [2.24, 2.45) is 0 Å². The normalized spacial score (nSPS) is 17.2. The Labute approximate surface area is 72.1 Å². The number of hydrogen-bond donors (Lipinski definition) is 1. The summed E-state index contributed by atoms with van der Waals surface area (Å²) in [6.07, 6.45) is -0.967. The summed E-state index contributed by atoms with van der Waals surface area (Å²) in [5.41, 5.74) is 0. The summed E-state index contributed by atoms with van der Waals surface area (Å²) in [4.78, 5) is 0. The highest BCUT2D eigenvalue weighted by Gasteiger charge is 2.09. The fourth-order valence-corrected chi connectivity index (χ4v) is 1.03. The monoisotopic (exact) mass is 219 g/mol. The van der Waals surface area contributed by atoms with E-state index in [9.17, 15) is 17.2 Å². The van der Waals surface area contributed by atoms with Gasteiger partial charge in [0.15, 0.2) is 0 Å². The minimum Gasteiger partial charge on any atom is -0.750 e. The molecular weight excluding hydrogens is 212 g/mol. The minimum absolute atomic E-state index is 0.563. The van der Waals surface area contributed by atoms with E-state index >= 15 is 0 Å². The number of rotatable bonds is 5. The molecule has 0 rings (SSSR count). The van der Waals surface area contributed by atoms with Gasteiger partial charge in [-0.05, 0) is 6.92 Å². The van der Waals surface area contributed by atoms with Crippen LogP contribution in [0.3, 0.4) is 0 Å². The molecule has 0 radical (unpaired) electrons. The van der Waals surface area contributed by atoms with Crippen molar-refractivity contribution >= 4 is 21.8 Å². The van der Waals surface area contributed by atoms with Gasteiger partial charge in [0.1, 0.15) is 0 Å². The van der Waals surface area contributed by atoms with Gasteiger partial charge in [-0.1, -0.05) is 0 Å². The summed E-state index contributed by atoms with van der Waals surface area (Å²) in [6, 6.07) is 0. The minimum atomic E-state index is -4.54. The fourth-order valence-electron chi connectivity index (χ4n) is 0.344. The topological polar surface area (TPSA) is 113 Å². The van der Waals surface area contributed by atoms with Crippen molar-refractivity contribution in [3.63, 3.8) is 0 Å². The second-order valence-electron chi connectivity index (χ2n) is 1.82. The predicted octanol–water partition coefficient (Wildman–Crippen LogP) is -0.995. The largest absolute Gasteiger partial charge is 0.750 e. The van der Waals surface area contributed by atoms with Crippen molar-refractivity contribution in [3.8, 4) is 0 Å².